The second-order valence-electron chi connectivity index (χ2n) is 0. The normalized spacial score (nSPS) is 0.857. The maximum atomic E-state index is 3.25. The van der Waals surface area contributed by atoms with Crippen LogP contribution in [0.5, 0.6) is 0 Å². The molecule has 1 heteroatoms. The summed E-state index contributed by atoms with van der Waals surface area (Å²) in [6.45, 7) is 5.00. The minimum Gasteiger partial charge on any atom is -0.346 e. The molecule has 48 valence electrons. The molecule has 0 radical (unpaired) electrons. The summed E-state index contributed by atoms with van der Waals surface area (Å²) in [7, 11) is 0. The third-order valence-electron chi connectivity index (χ3n) is 0. The SMILES string of the molecule is C.C.C.C.[CH2-]C.[Rf]. The molecule has 0 saturated carbocycles. The van der Waals surface area contributed by atoms with E-state index in [9.17, 15) is 0 Å². The van der Waals surface area contributed by atoms with Crippen LogP contribution in [0.1, 0.15) is 36.6 Å². The zero-order valence-electron chi connectivity index (χ0n) is 2.41. The minimum atomic E-state index is 0. The zero-order valence-corrected chi connectivity index (χ0v) is 8.81. The van der Waals surface area contributed by atoms with Crippen LogP contribution in [0.4, 0.5) is 0 Å². The fourth-order valence-corrected chi connectivity index (χ4v) is 0. The van der Waals surface area contributed by atoms with Gasteiger partial charge in [0.05, 0.1) is 0 Å². The van der Waals surface area contributed by atoms with Gasteiger partial charge in [0.2, 0.25) is 0 Å². The Labute approximate surface area is 44.6 Å². The van der Waals surface area contributed by atoms with E-state index in [1.54, 1.807) is 6.92 Å². The molecular formula is C6H21Rf-. The van der Waals surface area contributed by atoms with E-state index in [1.807, 2.05) is 0 Å². The Balaban J connectivity index is -0.000000000500. The summed E-state index contributed by atoms with van der Waals surface area (Å²) in [4.78, 5) is 0. The van der Waals surface area contributed by atoms with Gasteiger partial charge in [-0.15, -0.1) is 0 Å². The molecule has 0 saturated heterocycles. The number of rotatable bonds is 0. The molecule has 0 aliphatic heterocycles. The molecule has 0 aromatic carbocycles. The Morgan fingerprint density at radius 3 is 0.714 bits per heavy atom. The second-order valence-corrected chi connectivity index (χ2v) is 0. The Morgan fingerprint density at radius 2 is 0.714 bits per heavy atom. The van der Waals surface area contributed by atoms with Crippen LogP contribution >= 0.6 is 0 Å². The van der Waals surface area contributed by atoms with Crippen LogP contribution < -0.4 is 0 Å². The summed E-state index contributed by atoms with van der Waals surface area (Å²) < 4.78 is 0. The first-order valence-corrected chi connectivity index (χ1v) is 0.707. The van der Waals surface area contributed by atoms with Crippen molar-refractivity contribution >= 4 is 0 Å². The topological polar surface area (TPSA) is 0 Å². The van der Waals surface area contributed by atoms with E-state index in [0.29, 0.717) is 0 Å². The van der Waals surface area contributed by atoms with Crippen molar-refractivity contribution in [2.24, 2.45) is 0 Å². The van der Waals surface area contributed by atoms with Crippen molar-refractivity contribution in [3.05, 3.63) is 6.92 Å². The molecule has 0 rings (SSSR count). The van der Waals surface area contributed by atoms with Crippen LogP contribution in [0.25, 0.3) is 0 Å². The average Bonchev–Trinajstić information content (AvgIpc) is 1.00. The van der Waals surface area contributed by atoms with Crippen molar-refractivity contribution in [1.82, 2.24) is 0 Å². The van der Waals surface area contributed by atoms with Crippen LogP contribution in [0, 0.1) is 6.92 Å². The van der Waals surface area contributed by atoms with E-state index in [1.165, 1.54) is 0 Å². The summed E-state index contributed by atoms with van der Waals surface area (Å²) in [5.74, 6) is 0. The molecule has 0 heterocycles. The molecule has 7 heavy (non-hydrogen) atoms. The van der Waals surface area contributed by atoms with E-state index < -0.39 is 0 Å². The minimum absolute atomic E-state index is 0. The van der Waals surface area contributed by atoms with Gasteiger partial charge in [-0.05, 0) is 0 Å². The summed E-state index contributed by atoms with van der Waals surface area (Å²) in [6, 6.07) is 0. The van der Waals surface area contributed by atoms with Crippen molar-refractivity contribution in [1.29, 1.82) is 0 Å². The van der Waals surface area contributed by atoms with Gasteiger partial charge < -0.3 is 6.92 Å². The Bertz CT molecular complexity index is 4.14. The summed E-state index contributed by atoms with van der Waals surface area (Å²) >= 11 is 0. The third kappa shape index (κ3) is 45.0. The Hall–Kier alpha value is -1.00. The van der Waals surface area contributed by atoms with Crippen LogP contribution in [0.3, 0.4) is 0 Å². The van der Waals surface area contributed by atoms with Gasteiger partial charge in [-0.3, -0.25) is 0 Å². The molecule has 0 amide bonds. The zero-order chi connectivity index (χ0) is 2.00. The van der Waals surface area contributed by atoms with Gasteiger partial charge in [-0.25, -0.2) is 0 Å². The van der Waals surface area contributed by atoms with Crippen LogP contribution in [-0.4, -0.2) is 0 Å². The molecule has 0 fully saturated rings. The second kappa shape index (κ2) is 80.0. The summed E-state index contributed by atoms with van der Waals surface area (Å²) in [5.41, 5.74) is 0. The Morgan fingerprint density at radius 1 is 0.714 bits per heavy atom. The maximum absolute atomic E-state index is 3.25. The van der Waals surface area contributed by atoms with Gasteiger partial charge in [0.15, 0.2) is 0 Å². The molecule has 0 spiro atoms. The fraction of sp³-hybridized carbons (Fsp3) is 0.833. The molecule has 0 N–H and O–H groups in total. The van der Waals surface area contributed by atoms with Crippen molar-refractivity contribution in [2.45, 2.75) is 36.6 Å². The third-order valence-corrected chi connectivity index (χ3v) is 0. The van der Waals surface area contributed by atoms with Crippen molar-refractivity contribution in [3.8, 4) is 0 Å². The molecule has 0 aromatic rings. The summed E-state index contributed by atoms with van der Waals surface area (Å²) in [6.07, 6.45) is 0. The number of hydrogen-bond donors (Lipinski definition) is 0. The van der Waals surface area contributed by atoms with Gasteiger partial charge in [0.25, 0.3) is 0 Å². The predicted molar refractivity (Wildman–Crippen MR) is 38.0 cm³/mol. The van der Waals surface area contributed by atoms with Gasteiger partial charge in [-0.1, -0.05) is 29.7 Å². The molecule has 0 atom stereocenters. The van der Waals surface area contributed by atoms with E-state index >= 15 is 0 Å². The first-order chi connectivity index (χ1) is 1.00. The van der Waals surface area contributed by atoms with Crippen LogP contribution in [-0.2, 0) is 0 Å². The predicted octanol–water partition coefficient (Wildman–Crippen LogP) is 3.38. The summed E-state index contributed by atoms with van der Waals surface area (Å²) in [5, 5.41) is 0. The largest absolute Gasteiger partial charge is 0.346 e. The van der Waals surface area contributed by atoms with Gasteiger partial charge in [0, 0.05) is 0 Å². The molecule has 0 nitrogen and oxygen atoms in total. The molecule has 0 aliphatic rings. The molecule has 0 aromatic heterocycles. The standard InChI is InChI=1S/C2H5.4CH4.Rf/c1-2;;;;;/h1H2,2H3;4*1H4;/q-1;;;;;. The van der Waals surface area contributed by atoms with Crippen LogP contribution in [0.2, 0.25) is 0 Å². The van der Waals surface area contributed by atoms with E-state index in [2.05, 4.69) is 6.92 Å². The van der Waals surface area contributed by atoms with Gasteiger partial charge >= 0.3 is 0 Å². The van der Waals surface area contributed by atoms with Crippen LogP contribution in [0.15, 0.2) is 0 Å². The molecular weight excluding hydrogens is 339 g/mol. The first-order valence-electron chi connectivity index (χ1n) is 0.707. The number of hydrogen-bond acceptors (Lipinski definition) is 0. The fourth-order valence-electron chi connectivity index (χ4n) is 0. The van der Waals surface area contributed by atoms with E-state index in [4.69, 9.17) is 0 Å². The Kier molecular flexibility index (Phi) is 0. The first kappa shape index (κ1) is 0. The van der Waals surface area contributed by atoms with Crippen molar-refractivity contribution in [3.63, 3.8) is 0 Å². The quantitative estimate of drug-likeness (QED) is 0.581. The molecule has 0 bridgehead atoms. The molecule has 0 aliphatic carbocycles. The van der Waals surface area contributed by atoms with Gasteiger partial charge in [0.1, 0.15) is 0 Å². The van der Waals surface area contributed by atoms with E-state index in [-0.39, 0.29) is 29.7 Å². The smallest absolute Gasteiger partial charge is 0 e. The monoisotopic (exact) mass is 360 g/mol. The average molecular weight is 360 g/mol. The van der Waals surface area contributed by atoms with E-state index in [0.717, 1.165) is 0 Å². The van der Waals surface area contributed by atoms with Crippen molar-refractivity contribution < 1.29 is 0 Å². The van der Waals surface area contributed by atoms with Gasteiger partial charge in [-0.2, -0.15) is 6.92 Å². The van der Waals surface area contributed by atoms with Crippen molar-refractivity contribution in [2.75, 3.05) is 0 Å². The molecule has 0 unspecified atom stereocenters. The maximum Gasteiger partial charge on any atom is 0 e.